The van der Waals surface area contributed by atoms with E-state index in [-0.39, 0.29) is 18.7 Å². The van der Waals surface area contributed by atoms with Crippen LogP contribution in [0.1, 0.15) is 22.8 Å². The molecular weight excluding hydrogens is 273 g/mol. The Morgan fingerprint density at radius 2 is 2.05 bits per heavy atom. The average Bonchev–Trinajstić information content (AvgIpc) is 2.42. The second-order valence-electron chi connectivity index (χ2n) is 4.12. The third-order valence-electron chi connectivity index (χ3n) is 2.89. The van der Waals surface area contributed by atoms with Crippen molar-refractivity contribution in [2.75, 3.05) is 32.1 Å². The molecule has 0 atom stereocenters. The third-order valence-corrected chi connectivity index (χ3v) is 2.89. The van der Waals surface area contributed by atoms with Gasteiger partial charge in [0.05, 0.1) is 17.7 Å². The third kappa shape index (κ3) is 3.63. The summed E-state index contributed by atoms with van der Waals surface area (Å²) < 4.78 is 38.1. The maximum absolute atomic E-state index is 12.7. The van der Waals surface area contributed by atoms with Gasteiger partial charge in [-0.05, 0) is 25.1 Å². The lowest BCUT2D eigenvalue weighted by Crippen LogP contribution is -2.34. The second-order valence-corrected chi connectivity index (χ2v) is 4.12. The number of hydrogen-bond acceptors (Lipinski definition) is 3. The lowest BCUT2D eigenvalue weighted by Gasteiger charge is -2.22. The summed E-state index contributed by atoms with van der Waals surface area (Å²) in [4.78, 5) is 13.5. The van der Waals surface area contributed by atoms with Gasteiger partial charge in [-0.25, -0.2) is 0 Å². The number of likely N-dealkylation sites (N-methyl/N-ethyl adjacent to an activating group) is 1. The van der Waals surface area contributed by atoms with Crippen LogP contribution >= 0.6 is 0 Å². The van der Waals surface area contributed by atoms with E-state index in [1.165, 1.54) is 18.0 Å². The molecule has 1 amide bonds. The number of benzene rings is 1. The van der Waals surface area contributed by atoms with Gasteiger partial charge in [0.2, 0.25) is 0 Å². The van der Waals surface area contributed by atoms with E-state index in [0.717, 1.165) is 12.1 Å². The van der Waals surface area contributed by atoms with Gasteiger partial charge in [0.15, 0.2) is 0 Å². The minimum absolute atomic E-state index is 0.0578. The molecule has 0 aliphatic carbocycles. The maximum Gasteiger partial charge on any atom is 0.416 e. The molecule has 2 N–H and O–H groups in total. The summed E-state index contributed by atoms with van der Waals surface area (Å²) in [6.45, 7) is 1.83. The number of amides is 1. The normalized spacial score (nSPS) is 11.3. The maximum atomic E-state index is 12.7. The largest absolute Gasteiger partial charge is 0.416 e. The zero-order chi connectivity index (χ0) is 15.3. The van der Waals surface area contributed by atoms with E-state index in [2.05, 4.69) is 5.32 Å². The number of halogens is 3. The quantitative estimate of drug-likeness (QED) is 0.874. The zero-order valence-corrected chi connectivity index (χ0v) is 11.3. The van der Waals surface area contributed by atoms with Crippen molar-refractivity contribution in [2.45, 2.75) is 13.1 Å². The van der Waals surface area contributed by atoms with Crippen LogP contribution in [0.5, 0.6) is 0 Å². The fourth-order valence-corrected chi connectivity index (χ4v) is 1.81. The van der Waals surface area contributed by atoms with E-state index in [1.54, 1.807) is 6.92 Å². The predicted octanol–water partition coefficient (Wildman–Crippen LogP) is 2.20. The molecule has 0 unspecified atom stereocenters. The highest BCUT2D eigenvalue weighted by Crippen LogP contribution is 2.32. The standard InChI is InChI=1S/C13H17F3N2O2/c1-3-18(6-7-19)12(20)10-8-9(13(14,15)16)4-5-11(10)17-2/h4-5,8,17,19H,3,6-7H2,1-2H3. The van der Waals surface area contributed by atoms with Crippen molar-refractivity contribution in [1.82, 2.24) is 4.90 Å². The van der Waals surface area contributed by atoms with Crippen molar-refractivity contribution >= 4 is 11.6 Å². The van der Waals surface area contributed by atoms with Crippen LogP contribution in [-0.2, 0) is 6.18 Å². The Labute approximate surface area is 115 Å². The molecule has 0 radical (unpaired) electrons. The molecule has 1 aromatic carbocycles. The molecule has 0 aliphatic heterocycles. The molecule has 1 rings (SSSR count). The van der Waals surface area contributed by atoms with E-state index in [1.807, 2.05) is 0 Å². The molecule has 0 aliphatic rings. The topological polar surface area (TPSA) is 52.6 Å². The Kier molecular flexibility index (Phi) is 5.38. The minimum Gasteiger partial charge on any atom is -0.395 e. The molecule has 0 aromatic heterocycles. The zero-order valence-electron chi connectivity index (χ0n) is 11.3. The molecule has 0 bridgehead atoms. The van der Waals surface area contributed by atoms with E-state index >= 15 is 0 Å². The van der Waals surface area contributed by atoms with Gasteiger partial charge in [-0.2, -0.15) is 13.2 Å². The lowest BCUT2D eigenvalue weighted by molar-refractivity contribution is -0.137. The fourth-order valence-electron chi connectivity index (χ4n) is 1.81. The summed E-state index contributed by atoms with van der Waals surface area (Å²) in [5.41, 5.74) is -0.614. The van der Waals surface area contributed by atoms with Crippen molar-refractivity contribution in [1.29, 1.82) is 0 Å². The number of alkyl halides is 3. The van der Waals surface area contributed by atoms with Gasteiger partial charge in [0.25, 0.3) is 5.91 Å². The molecule has 0 saturated heterocycles. The highest BCUT2D eigenvalue weighted by atomic mass is 19.4. The smallest absolute Gasteiger partial charge is 0.395 e. The number of aliphatic hydroxyl groups is 1. The van der Waals surface area contributed by atoms with Gasteiger partial charge >= 0.3 is 6.18 Å². The van der Waals surface area contributed by atoms with Crippen LogP contribution in [0.15, 0.2) is 18.2 Å². The van der Waals surface area contributed by atoms with Gasteiger partial charge in [-0.15, -0.1) is 0 Å². The van der Waals surface area contributed by atoms with Crippen LogP contribution in [0.2, 0.25) is 0 Å². The first-order valence-corrected chi connectivity index (χ1v) is 6.14. The van der Waals surface area contributed by atoms with Gasteiger partial charge in [0.1, 0.15) is 0 Å². The first-order chi connectivity index (χ1) is 9.35. The van der Waals surface area contributed by atoms with E-state index in [4.69, 9.17) is 5.11 Å². The SMILES string of the molecule is CCN(CCO)C(=O)c1cc(C(F)(F)F)ccc1NC. The van der Waals surface area contributed by atoms with Crippen molar-refractivity contribution < 1.29 is 23.1 Å². The summed E-state index contributed by atoms with van der Waals surface area (Å²) in [6.07, 6.45) is -4.50. The Morgan fingerprint density at radius 3 is 2.50 bits per heavy atom. The molecule has 112 valence electrons. The molecule has 4 nitrogen and oxygen atoms in total. The van der Waals surface area contributed by atoms with Gasteiger partial charge in [-0.3, -0.25) is 4.79 Å². The number of hydrogen-bond donors (Lipinski definition) is 2. The van der Waals surface area contributed by atoms with Crippen LogP contribution in [0.25, 0.3) is 0 Å². The molecular formula is C13H17F3N2O2. The summed E-state index contributed by atoms with van der Waals surface area (Å²) in [6, 6.07) is 2.97. The predicted molar refractivity (Wildman–Crippen MR) is 69.7 cm³/mol. The van der Waals surface area contributed by atoms with E-state index in [0.29, 0.717) is 12.2 Å². The first kappa shape index (κ1) is 16.3. The Hall–Kier alpha value is -1.76. The van der Waals surface area contributed by atoms with Crippen LogP contribution in [0.3, 0.4) is 0 Å². The molecule has 7 heteroatoms. The Bertz CT molecular complexity index is 475. The molecule has 0 fully saturated rings. The van der Waals surface area contributed by atoms with Gasteiger partial charge < -0.3 is 15.3 Å². The summed E-state index contributed by atoms with van der Waals surface area (Å²) in [5.74, 6) is -0.544. The van der Waals surface area contributed by atoms with Crippen molar-refractivity contribution in [3.05, 3.63) is 29.3 Å². The van der Waals surface area contributed by atoms with Crippen LogP contribution in [0.4, 0.5) is 18.9 Å². The summed E-state index contributed by atoms with van der Waals surface area (Å²) in [5, 5.41) is 11.6. The molecule has 1 aromatic rings. The van der Waals surface area contributed by atoms with Gasteiger partial charge in [-0.1, -0.05) is 0 Å². The average molecular weight is 290 g/mol. The van der Waals surface area contributed by atoms with Crippen LogP contribution in [0, 0.1) is 0 Å². The minimum atomic E-state index is -4.50. The van der Waals surface area contributed by atoms with Gasteiger partial charge in [0, 0.05) is 25.8 Å². The van der Waals surface area contributed by atoms with E-state index in [9.17, 15) is 18.0 Å². The Balaban J connectivity index is 3.23. The number of carbonyl (C=O) groups is 1. The summed E-state index contributed by atoms with van der Waals surface area (Å²) >= 11 is 0. The number of anilines is 1. The van der Waals surface area contributed by atoms with Crippen LogP contribution in [-0.4, -0.2) is 42.7 Å². The van der Waals surface area contributed by atoms with E-state index < -0.39 is 17.6 Å². The van der Waals surface area contributed by atoms with Crippen molar-refractivity contribution in [3.63, 3.8) is 0 Å². The summed E-state index contributed by atoms with van der Waals surface area (Å²) in [7, 11) is 1.53. The first-order valence-electron chi connectivity index (χ1n) is 6.14. The van der Waals surface area contributed by atoms with Crippen molar-refractivity contribution in [2.24, 2.45) is 0 Å². The molecule has 0 saturated carbocycles. The Morgan fingerprint density at radius 1 is 1.40 bits per heavy atom. The molecule has 0 heterocycles. The molecule has 20 heavy (non-hydrogen) atoms. The highest BCUT2D eigenvalue weighted by molar-refractivity contribution is 5.99. The molecule has 0 spiro atoms. The number of carbonyl (C=O) groups excluding carboxylic acids is 1. The lowest BCUT2D eigenvalue weighted by atomic mass is 10.1. The number of nitrogens with one attached hydrogen (secondary N) is 1. The van der Waals surface area contributed by atoms with Crippen LogP contribution < -0.4 is 5.32 Å². The number of rotatable bonds is 5. The number of nitrogens with zero attached hydrogens (tertiary/aromatic N) is 1. The number of aliphatic hydroxyl groups excluding tert-OH is 1. The second kappa shape index (κ2) is 6.60. The fraction of sp³-hybridized carbons (Fsp3) is 0.462. The highest BCUT2D eigenvalue weighted by Gasteiger charge is 2.32. The van der Waals surface area contributed by atoms with Crippen molar-refractivity contribution in [3.8, 4) is 0 Å². The monoisotopic (exact) mass is 290 g/mol.